The summed E-state index contributed by atoms with van der Waals surface area (Å²) < 4.78 is 1.87. The number of fused-ring (bicyclic) bond motifs is 1. The fraction of sp³-hybridized carbons (Fsp3) is 0.143. The molecule has 4 rings (SSSR count). The maximum atomic E-state index is 12.2. The number of aromatic amines is 1. The van der Waals surface area contributed by atoms with E-state index in [1.807, 2.05) is 85.2 Å². The Balaban J connectivity index is 1.68. The van der Waals surface area contributed by atoms with E-state index in [9.17, 15) is 4.79 Å². The molecule has 0 saturated heterocycles. The van der Waals surface area contributed by atoms with Crippen LogP contribution >= 0.6 is 0 Å². The lowest BCUT2D eigenvalue weighted by atomic mass is 10.2. The predicted octanol–water partition coefficient (Wildman–Crippen LogP) is 2.93. The third-order valence-electron chi connectivity index (χ3n) is 4.47. The summed E-state index contributed by atoms with van der Waals surface area (Å²) in [4.78, 5) is 21.3. The van der Waals surface area contributed by atoms with Gasteiger partial charge in [-0.3, -0.25) is 10.2 Å². The summed E-state index contributed by atoms with van der Waals surface area (Å²) in [6.45, 7) is 1.93. The summed E-state index contributed by atoms with van der Waals surface area (Å²) >= 11 is 0. The number of rotatable bonds is 5. The summed E-state index contributed by atoms with van der Waals surface area (Å²) in [5.41, 5.74) is 6.43. The Bertz CT molecular complexity index is 1240. The third kappa shape index (κ3) is 3.60. The van der Waals surface area contributed by atoms with Crippen molar-refractivity contribution in [1.29, 1.82) is 0 Å². The molecule has 0 radical (unpaired) electrons. The number of aryl methyl sites for hydroxylation is 1. The molecule has 0 saturated carbocycles. The zero-order valence-electron chi connectivity index (χ0n) is 16.4. The third-order valence-corrected chi connectivity index (χ3v) is 4.47. The van der Waals surface area contributed by atoms with Gasteiger partial charge in [0.25, 0.3) is 5.56 Å². The van der Waals surface area contributed by atoms with E-state index >= 15 is 0 Å². The summed E-state index contributed by atoms with van der Waals surface area (Å²) in [7, 11) is 3.91. The Hall–Kier alpha value is -3.94. The van der Waals surface area contributed by atoms with Crippen LogP contribution in [0.1, 0.15) is 11.3 Å². The van der Waals surface area contributed by atoms with Crippen LogP contribution in [-0.2, 0) is 0 Å². The number of hydrogen-bond donors (Lipinski definition) is 2. The molecule has 0 spiro atoms. The fourth-order valence-corrected chi connectivity index (χ4v) is 3.12. The summed E-state index contributed by atoms with van der Waals surface area (Å²) in [5.74, 6) is 1.03. The van der Waals surface area contributed by atoms with Gasteiger partial charge < -0.3 is 9.88 Å². The van der Waals surface area contributed by atoms with Crippen LogP contribution in [0.15, 0.2) is 64.5 Å². The number of hydrazone groups is 1. The van der Waals surface area contributed by atoms with Gasteiger partial charge in [0.1, 0.15) is 5.82 Å². The van der Waals surface area contributed by atoms with Gasteiger partial charge in [-0.15, -0.1) is 0 Å². The first kappa shape index (κ1) is 18.4. The quantitative estimate of drug-likeness (QED) is 0.406. The second-order valence-electron chi connectivity index (χ2n) is 6.77. The number of anilines is 2. The molecule has 0 unspecified atom stereocenters. The number of para-hydroxylation sites is 3. The molecule has 8 nitrogen and oxygen atoms in total. The number of hydrogen-bond acceptors (Lipinski definition) is 6. The molecule has 0 atom stereocenters. The van der Waals surface area contributed by atoms with Crippen molar-refractivity contribution in [3.8, 4) is 5.69 Å². The van der Waals surface area contributed by atoms with Crippen molar-refractivity contribution in [3.63, 3.8) is 0 Å². The summed E-state index contributed by atoms with van der Waals surface area (Å²) in [5, 5.41) is 8.91. The second kappa shape index (κ2) is 7.59. The molecule has 2 aromatic carbocycles. The van der Waals surface area contributed by atoms with Gasteiger partial charge in [0.05, 0.1) is 34.2 Å². The average Bonchev–Trinajstić information content (AvgIpc) is 3.05. The molecule has 146 valence electrons. The molecule has 2 N–H and O–H groups in total. The Morgan fingerprint density at radius 3 is 2.59 bits per heavy atom. The van der Waals surface area contributed by atoms with Crippen LogP contribution in [-0.4, -0.2) is 40.1 Å². The standard InChI is InChI=1S/C21H21N7O/c1-14-16(21(27(2)3)28(26-14)15-9-5-4-6-10-15)13-22-25-19-20(29)24-18-12-8-7-11-17(18)23-19/h4-13H,1-3H3,(H,23,25)(H,24,29)/b22-13+. The Morgan fingerprint density at radius 1 is 1.10 bits per heavy atom. The van der Waals surface area contributed by atoms with Crippen LogP contribution in [0.4, 0.5) is 11.6 Å². The monoisotopic (exact) mass is 387 g/mol. The van der Waals surface area contributed by atoms with Crippen LogP contribution in [0.25, 0.3) is 16.7 Å². The van der Waals surface area contributed by atoms with Crippen LogP contribution in [0.5, 0.6) is 0 Å². The maximum absolute atomic E-state index is 12.2. The number of benzene rings is 2. The molecule has 29 heavy (non-hydrogen) atoms. The molecule has 8 heteroatoms. The van der Waals surface area contributed by atoms with Gasteiger partial charge in [0.15, 0.2) is 0 Å². The fourth-order valence-electron chi connectivity index (χ4n) is 3.12. The van der Waals surface area contributed by atoms with Crippen molar-refractivity contribution >= 4 is 28.9 Å². The minimum atomic E-state index is -0.328. The molecule has 0 bridgehead atoms. The highest BCUT2D eigenvalue weighted by molar-refractivity contribution is 5.89. The van der Waals surface area contributed by atoms with Gasteiger partial charge in [-0.25, -0.2) is 9.67 Å². The van der Waals surface area contributed by atoms with E-state index in [1.54, 1.807) is 6.21 Å². The topological polar surface area (TPSA) is 91.2 Å². The molecule has 4 aromatic rings. The Labute approximate surface area is 167 Å². The average molecular weight is 387 g/mol. The van der Waals surface area contributed by atoms with E-state index < -0.39 is 0 Å². The maximum Gasteiger partial charge on any atom is 0.293 e. The first-order chi connectivity index (χ1) is 14.0. The lowest BCUT2D eigenvalue weighted by Gasteiger charge is -2.16. The highest BCUT2D eigenvalue weighted by Gasteiger charge is 2.17. The molecular formula is C21H21N7O. The molecule has 2 heterocycles. The van der Waals surface area contributed by atoms with Gasteiger partial charge in [-0.2, -0.15) is 10.2 Å². The van der Waals surface area contributed by atoms with Crippen LogP contribution in [0.3, 0.4) is 0 Å². The lowest BCUT2D eigenvalue weighted by Crippen LogP contribution is -2.16. The number of H-pyrrole nitrogens is 1. The van der Waals surface area contributed by atoms with Gasteiger partial charge in [0, 0.05) is 14.1 Å². The molecule has 0 aliphatic heterocycles. The van der Waals surface area contributed by atoms with E-state index in [-0.39, 0.29) is 11.4 Å². The SMILES string of the molecule is Cc1nn(-c2ccccc2)c(N(C)C)c1/C=N/Nc1nc2ccccc2[nH]c1=O. The number of nitrogens with one attached hydrogen (secondary N) is 2. The normalized spacial score (nSPS) is 11.3. The number of aromatic nitrogens is 4. The molecule has 0 fully saturated rings. The smallest absolute Gasteiger partial charge is 0.293 e. The van der Waals surface area contributed by atoms with E-state index in [0.717, 1.165) is 22.8 Å². The first-order valence-electron chi connectivity index (χ1n) is 9.15. The van der Waals surface area contributed by atoms with Crippen LogP contribution in [0, 0.1) is 6.92 Å². The highest BCUT2D eigenvalue weighted by atomic mass is 16.1. The van der Waals surface area contributed by atoms with Crippen molar-refractivity contribution in [3.05, 3.63) is 76.2 Å². The van der Waals surface area contributed by atoms with E-state index in [2.05, 4.69) is 25.6 Å². The minimum absolute atomic E-state index is 0.138. The van der Waals surface area contributed by atoms with Gasteiger partial charge in [-0.1, -0.05) is 30.3 Å². The van der Waals surface area contributed by atoms with Crippen LogP contribution in [0.2, 0.25) is 0 Å². The van der Waals surface area contributed by atoms with Gasteiger partial charge >= 0.3 is 0 Å². The highest BCUT2D eigenvalue weighted by Crippen LogP contribution is 2.24. The van der Waals surface area contributed by atoms with Gasteiger partial charge in [0.2, 0.25) is 5.82 Å². The largest absolute Gasteiger partial charge is 0.362 e. The molecule has 0 aliphatic carbocycles. The Morgan fingerprint density at radius 2 is 1.83 bits per heavy atom. The van der Waals surface area contributed by atoms with Crippen molar-refractivity contribution in [2.75, 3.05) is 24.4 Å². The first-order valence-corrected chi connectivity index (χ1v) is 9.15. The zero-order chi connectivity index (χ0) is 20.4. The Kier molecular flexibility index (Phi) is 4.82. The van der Waals surface area contributed by atoms with E-state index in [0.29, 0.717) is 11.0 Å². The van der Waals surface area contributed by atoms with Crippen molar-refractivity contribution in [2.24, 2.45) is 5.10 Å². The molecule has 2 aromatic heterocycles. The van der Waals surface area contributed by atoms with Crippen molar-refractivity contribution in [1.82, 2.24) is 19.7 Å². The van der Waals surface area contributed by atoms with Crippen molar-refractivity contribution < 1.29 is 0 Å². The van der Waals surface area contributed by atoms with Crippen LogP contribution < -0.4 is 15.9 Å². The summed E-state index contributed by atoms with van der Waals surface area (Å²) in [6.07, 6.45) is 1.66. The van der Waals surface area contributed by atoms with E-state index in [1.165, 1.54) is 0 Å². The predicted molar refractivity (Wildman–Crippen MR) is 116 cm³/mol. The van der Waals surface area contributed by atoms with Crippen molar-refractivity contribution in [2.45, 2.75) is 6.92 Å². The number of nitrogens with zero attached hydrogens (tertiary/aromatic N) is 5. The minimum Gasteiger partial charge on any atom is -0.362 e. The second-order valence-corrected chi connectivity index (χ2v) is 6.77. The summed E-state index contributed by atoms with van der Waals surface area (Å²) in [6, 6.07) is 17.3. The molecule has 0 amide bonds. The van der Waals surface area contributed by atoms with E-state index in [4.69, 9.17) is 0 Å². The molecule has 0 aliphatic rings. The molecular weight excluding hydrogens is 366 g/mol. The lowest BCUT2D eigenvalue weighted by molar-refractivity contribution is 0.841. The van der Waals surface area contributed by atoms with Gasteiger partial charge in [-0.05, 0) is 31.2 Å². The zero-order valence-corrected chi connectivity index (χ0v) is 16.4.